The predicted molar refractivity (Wildman–Crippen MR) is 113 cm³/mol. The normalized spacial score (nSPS) is 23.8. The lowest BCUT2D eigenvalue weighted by Gasteiger charge is -2.36. The molecular formula is C26H28F6. The molecule has 2 aromatic carbocycles. The number of hydrogen-bond acceptors (Lipinski definition) is 0. The van der Waals surface area contributed by atoms with Crippen LogP contribution in [0.5, 0.6) is 0 Å². The maximum atomic E-state index is 15.3. The summed E-state index contributed by atoms with van der Waals surface area (Å²) in [6, 6.07) is 4.35. The maximum absolute atomic E-state index is 15.3. The van der Waals surface area contributed by atoms with Crippen LogP contribution in [0.2, 0.25) is 0 Å². The van der Waals surface area contributed by atoms with Gasteiger partial charge in [0.15, 0.2) is 0 Å². The van der Waals surface area contributed by atoms with Crippen LogP contribution in [0, 0.1) is 35.2 Å². The van der Waals surface area contributed by atoms with Gasteiger partial charge in [0.25, 0.3) is 0 Å². The molecule has 0 saturated heterocycles. The fourth-order valence-electron chi connectivity index (χ4n) is 5.82. The zero-order chi connectivity index (χ0) is 23.0. The van der Waals surface area contributed by atoms with Crippen molar-refractivity contribution in [3.05, 3.63) is 58.4 Å². The number of alkyl halides is 3. The molecule has 6 heteroatoms. The van der Waals surface area contributed by atoms with Gasteiger partial charge in [-0.05, 0) is 78.7 Å². The molecule has 0 aliphatic heterocycles. The van der Waals surface area contributed by atoms with E-state index in [1.807, 2.05) is 0 Å². The van der Waals surface area contributed by atoms with E-state index in [9.17, 15) is 22.0 Å². The third kappa shape index (κ3) is 4.55. The van der Waals surface area contributed by atoms with E-state index in [4.69, 9.17) is 0 Å². The molecule has 2 aromatic rings. The zero-order valence-corrected chi connectivity index (χ0v) is 18.2. The van der Waals surface area contributed by atoms with Crippen molar-refractivity contribution in [3.8, 4) is 11.1 Å². The topological polar surface area (TPSA) is 0 Å². The van der Waals surface area contributed by atoms with E-state index in [0.717, 1.165) is 24.3 Å². The Labute approximate surface area is 185 Å². The molecule has 4 rings (SSSR count). The molecule has 0 aromatic heterocycles. The average Bonchev–Trinajstić information content (AvgIpc) is 2.73. The molecule has 2 aliphatic carbocycles. The molecular weight excluding hydrogens is 426 g/mol. The van der Waals surface area contributed by atoms with Crippen molar-refractivity contribution in [1.82, 2.24) is 0 Å². The number of benzene rings is 2. The number of rotatable bonds is 4. The van der Waals surface area contributed by atoms with Gasteiger partial charge in [-0.1, -0.05) is 44.7 Å². The summed E-state index contributed by atoms with van der Waals surface area (Å²) >= 11 is 0. The molecule has 0 bridgehead atoms. The minimum absolute atomic E-state index is 0.0613. The Hall–Kier alpha value is -1.98. The van der Waals surface area contributed by atoms with Crippen LogP contribution in [0.1, 0.15) is 68.6 Å². The lowest BCUT2D eigenvalue weighted by atomic mass is 9.69. The number of fused-ring (bicyclic) bond motifs is 1. The van der Waals surface area contributed by atoms with E-state index >= 15 is 4.39 Å². The largest absolute Gasteiger partial charge is 0.422 e. The summed E-state index contributed by atoms with van der Waals surface area (Å²) < 4.78 is 81.8. The van der Waals surface area contributed by atoms with Crippen LogP contribution in [-0.2, 0) is 19.0 Å². The summed E-state index contributed by atoms with van der Waals surface area (Å²) in [6.07, 6.45) is 4.52. The quantitative estimate of drug-likeness (QED) is 0.406. The molecule has 32 heavy (non-hydrogen) atoms. The van der Waals surface area contributed by atoms with E-state index < -0.39 is 29.2 Å². The fourth-order valence-corrected chi connectivity index (χ4v) is 5.82. The first-order chi connectivity index (χ1) is 15.2. The van der Waals surface area contributed by atoms with Crippen LogP contribution in [0.25, 0.3) is 11.1 Å². The van der Waals surface area contributed by atoms with Gasteiger partial charge in [-0.3, -0.25) is 0 Å². The van der Waals surface area contributed by atoms with Crippen LogP contribution in [0.3, 0.4) is 0 Å². The van der Waals surface area contributed by atoms with E-state index in [1.54, 1.807) is 6.07 Å². The fraction of sp³-hybridized carbons (Fsp3) is 0.538. The first-order valence-electron chi connectivity index (χ1n) is 11.6. The summed E-state index contributed by atoms with van der Waals surface area (Å²) in [5.74, 6) is -2.05. The van der Waals surface area contributed by atoms with Gasteiger partial charge in [0, 0.05) is 5.56 Å². The molecule has 0 amide bonds. The van der Waals surface area contributed by atoms with Crippen molar-refractivity contribution in [2.24, 2.45) is 17.8 Å². The van der Waals surface area contributed by atoms with E-state index in [-0.39, 0.29) is 11.1 Å². The summed E-state index contributed by atoms with van der Waals surface area (Å²) in [7, 11) is 0. The third-order valence-corrected chi connectivity index (χ3v) is 7.48. The molecule has 0 spiro atoms. The van der Waals surface area contributed by atoms with Crippen LogP contribution < -0.4 is 0 Å². The highest BCUT2D eigenvalue weighted by Crippen LogP contribution is 2.42. The van der Waals surface area contributed by atoms with Crippen molar-refractivity contribution >= 4 is 0 Å². The smallest absolute Gasteiger partial charge is 0.206 e. The first-order valence-corrected chi connectivity index (χ1v) is 11.6. The molecule has 174 valence electrons. The maximum Gasteiger partial charge on any atom is 0.422 e. The molecule has 1 atom stereocenters. The Balaban J connectivity index is 1.54. The number of halogens is 6. The van der Waals surface area contributed by atoms with Gasteiger partial charge < -0.3 is 0 Å². The van der Waals surface area contributed by atoms with Crippen molar-refractivity contribution in [2.45, 2.75) is 70.9 Å². The minimum Gasteiger partial charge on any atom is -0.206 e. The first kappa shape index (κ1) is 23.2. The van der Waals surface area contributed by atoms with Gasteiger partial charge in [-0.15, -0.1) is 0 Å². The van der Waals surface area contributed by atoms with Crippen LogP contribution in [0.15, 0.2) is 24.3 Å². The summed E-state index contributed by atoms with van der Waals surface area (Å²) in [5, 5.41) is 0. The second-order valence-corrected chi connectivity index (χ2v) is 9.45. The van der Waals surface area contributed by atoms with Gasteiger partial charge >= 0.3 is 6.18 Å². The highest BCUT2D eigenvalue weighted by Gasteiger charge is 2.38. The van der Waals surface area contributed by atoms with Crippen LogP contribution in [0.4, 0.5) is 26.3 Å². The standard InChI is InChI=1S/C26H28F6/c1-2-3-15-4-6-16(7-5-15)17-8-10-20-18(12-17)9-11-21(25(20)29)19-13-22(27)24(23(28)14-19)26(30,31)32/h9,11,13-17H,2-8,10,12H2,1H3. The third-order valence-electron chi connectivity index (χ3n) is 7.48. The average molecular weight is 454 g/mol. The lowest BCUT2D eigenvalue weighted by molar-refractivity contribution is -0.142. The van der Waals surface area contributed by atoms with Gasteiger partial charge in [-0.25, -0.2) is 13.2 Å². The zero-order valence-electron chi connectivity index (χ0n) is 18.2. The van der Waals surface area contributed by atoms with Crippen molar-refractivity contribution in [3.63, 3.8) is 0 Å². The summed E-state index contributed by atoms with van der Waals surface area (Å²) in [5.41, 5.74) is -0.792. The second kappa shape index (κ2) is 9.11. The molecule has 1 fully saturated rings. The van der Waals surface area contributed by atoms with E-state index in [2.05, 4.69) is 6.92 Å². The second-order valence-electron chi connectivity index (χ2n) is 9.45. The van der Waals surface area contributed by atoms with Crippen LogP contribution >= 0.6 is 0 Å². The molecule has 0 heterocycles. The summed E-state index contributed by atoms with van der Waals surface area (Å²) in [6.45, 7) is 2.22. The molecule has 2 aliphatic rings. The van der Waals surface area contributed by atoms with Crippen molar-refractivity contribution in [2.75, 3.05) is 0 Å². The lowest BCUT2D eigenvalue weighted by Crippen LogP contribution is -2.27. The highest BCUT2D eigenvalue weighted by molar-refractivity contribution is 5.67. The SMILES string of the molecule is CCCC1CCC(C2CCc3c(ccc(-c4cc(F)c(C(F)(F)F)c(F)c4)c3F)C2)CC1. The highest BCUT2D eigenvalue weighted by atomic mass is 19.4. The Morgan fingerprint density at radius 1 is 0.875 bits per heavy atom. The van der Waals surface area contributed by atoms with E-state index in [1.165, 1.54) is 44.6 Å². The van der Waals surface area contributed by atoms with Crippen LogP contribution in [-0.4, -0.2) is 0 Å². The Bertz CT molecular complexity index is 946. The van der Waals surface area contributed by atoms with Crippen molar-refractivity contribution < 1.29 is 26.3 Å². The molecule has 0 N–H and O–H groups in total. The van der Waals surface area contributed by atoms with Gasteiger partial charge in [0.2, 0.25) is 0 Å². The molecule has 0 nitrogen and oxygen atoms in total. The summed E-state index contributed by atoms with van der Waals surface area (Å²) in [4.78, 5) is 0. The Morgan fingerprint density at radius 3 is 2.12 bits per heavy atom. The van der Waals surface area contributed by atoms with E-state index in [0.29, 0.717) is 36.0 Å². The number of hydrogen-bond donors (Lipinski definition) is 0. The molecule has 1 saturated carbocycles. The Morgan fingerprint density at radius 2 is 1.53 bits per heavy atom. The molecule has 0 radical (unpaired) electrons. The minimum atomic E-state index is -5.15. The van der Waals surface area contributed by atoms with Gasteiger partial charge in [-0.2, -0.15) is 13.2 Å². The monoisotopic (exact) mass is 454 g/mol. The predicted octanol–water partition coefficient (Wildman–Crippen LogP) is 8.50. The van der Waals surface area contributed by atoms with Crippen molar-refractivity contribution in [1.29, 1.82) is 0 Å². The van der Waals surface area contributed by atoms with Gasteiger partial charge in [0.1, 0.15) is 23.0 Å². The molecule has 1 unspecified atom stereocenters. The Kier molecular flexibility index (Phi) is 6.60. The van der Waals surface area contributed by atoms with Gasteiger partial charge in [0.05, 0.1) is 0 Å².